The molecule has 2 aromatic rings. The first-order chi connectivity index (χ1) is 30.0. The monoisotopic (exact) mass is 1180 g/mol. The molecule has 2 aromatic carbocycles. The Morgan fingerprint density at radius 2 is 1.00 bits per heavy atom. The van der Waals surface area contributed by atoms with E-state index < -0.39 is 88.7 Å². The molecule has 0 saturated carbocycles. The second kappa shape index (κ2) is 28.3. The molecular weight excluding hydrogens is 1100 g/mol. The first-order valence-electron chi connectivity index (χ1n) is 21.8. The fourth-order valence-electron chi connectivity index (χ4n) is 6.00. The zero-order valence-corrected chi connectivity index (χ0v) is 48.6. The van der Waals surface area contributed by atoms with Crippen molar-refractivity contribution in [2.45, 2.75) is 141 Å². The number of hydrogen-bond acceptors (Lipinski definition) is 12. The van der Waals surface area contributed by atoms with Gasteiger partial charge in [0, 0.05) is 29.2 Å². The SMILES string of the molecule is CC1(C)OB(c2cccc(C(CNC(=O)OCC[Si](C)(C)C)C(=O)O)c2)OC1(C)C.CI.COC(=O)C(CNC(=O)OCC[Si](C)(C)C)c1cccc(B2OC(C)(C)C(C)(C)O2)c1.[2H]I.[Li+].[OH-]. The van der Waals surface area contributed by atoms with Gasteiger partial charge in [-0.1, -0.05) is 110 Å². The van der Waals surface area contributed by atoms with Crippen molar-refractivity contribution in [3.8, 4) is 0 Å². The molecule has 15 nitrogen and oxygen atoms in total. The first-order valence-corrected chi connectivity index (χ1v) is 31.0. The largest absolute Gasteiger partial charge is 1.00 e. The predicted molar refractivity (Wildman–Crippen MR) is 282 cm³/mol. The average Bonchev–Trinajstić information content (AvgIpc) is 3.58. The first kappa shape index (κ1) is 64.3. The second-order valence-electron chi connectivity index (χ2n) is 20.1. The van der Waals surface area contributed by atoms with E-state index in [2.05, 4.69) is 72.5 Å². The number of carboxylic acid groups (broad SMARTS) is 1. The van der Waals surface area contributed by atoms with Crippen molar-refractivity contribution >= 4 is 112 Å². The van der Waals surface area contributed by atoms with Crippen LogP contribution in [0, 0.1) is 0 Å². The summed E-state index contributed by atoms with van der Waals surface area (Å²) in [4.78, 5) is 50.3. The predicted octanol–water partition coefficient (Wildman–Crippen LogP) is 5.02. The number of esters is 1. The van der Waals surface area contributed by atoms with Gasteiger partial charge in [0.1, 0.15) is 0.594 Å². The van der Waals surface area contributed by atoms with Crippen molar-refractivity contribution in [2.75, 3.05) is 38.3 Å². The van der Waals surface area contributed by atoms with Crippen LogP contribution in [0.1, 0.15) is 78.4 Å². The van der Waals surface area contributed by atoms with Gasteiger partial charge >= 0.3 is 57.2 Å². The maximum absolute atomic E-state index is 12.4. The molecule has 0 aromatic heterocycles. The van der Waals surface area contributed by atoms with E-state index in [9.17, 15) is 24.3 Å². The Morgan fingerprint density at radius 1 is 0.682 bits per heavy atom. The minimum Gasteiger partial charge on any atom is -0.870 e. The van der Waals surface area contributed by atoms with Crippen molar-refractivity contribution in [1.29, 1.82) is 0.594 Å². The molecule has 368 valence electrons. The van der Waals surface area contributed by atoms with Crippen LogP contribution in [0.15, 0.2) is 48.5 Å². The zero-order chi connectivity index (χ0) is 50.2. The quantitative estimate of drug-likeness (QED) is 0.0665. The number of aliphatic carboxylic acids is 1. The fourth-order valence-corrected chi connectivity index (χ4v) is 7.43. The fraction of sp³-hybridized carbons (Fsp3) is 0.636. The molecule has 22 heteroatoms. The van der Waals surface area contributed by atoms with Gasteiger partial charge in [0.05, 0.1) is 54.6 Å². The summed E-state index contributed by atoms with van der Waals surface area (Å²) in [5.41, 5.74) is 0.937. The van der Waals surface area contributed by atoms with Crippen LogP contribution in [0.3, 0.4) is 0 Å². The average molecular weight is 1180 g/mol. The van der Waals surface area contributed by atoms with Gasteiger partial charge in [-0.3, -0.25) is 9.59 Å². The molecule has 2 aliphatic rings. The molecule has 4 rings (SSSR count). The van der Waals surface area contributed by atoms with Gasteiger partial charge in [-0.2, -0.15) is 0 Å². The summed E-state index contributed by atoms with van der Waals surface area (Å²) < 4.78 is 45.5. The van der Waals surface area contributed by atoms with Crippen LogP contribution in [0.5, 0.6) is 0 Å². The molecule has 4 N–H and O–H groups in total. The molecule has 2 unspecified atom stereocenters. The van der Waals surface area contributed by atoms with E-state index in [0.29, 0.717) is 24.3 Å². The molecule has 2 saturated heterocycles. The number of hydrogen-bond donors (Lipinski definition) is 3. The topological polar surface area (TPSA) is 207 Å². The Bertz CT molecular complexity index is 1830. The number of amides is 2. The molecule has 2 atom stereocenters. The minimum absolute atomic E-state index is 0. The van der Waals surface area contributed by atoms with Crippen LogP contribution in [0.25, 0.3) is 0 Å². The van der Waals surface area contributed by atoms with Crippen molar-refractivity contribution in [2.24, 2.45) is 0 Å². The van der Waals surface area contributed by atoms with Crippen LogP contribution in [0.4, 0.5) is 9.59 Å². The van der Waals surface area contributed by atoms with Crippen LogP contribution >= 0.6 is 46.4 Å². The van der Waals surface area contributed by atoms with E-state index in [-0.39, 0.29) is 37.4 Å². The van der Waals surface area contributed by atoms with Gasteiger partial charge in [-0.25, -0.2) is 9.59 Å². The Hall–Kier alpha value is -1.66. The van der Waals surface area contributed by atoms with Gasteiger partial charge in [-0.15, -0.1) is 23.8 Å². The van der Waals surface area contributed by atoms with Crippen LogP contribution in [-0.4, -0.2) is 126 Å². The number of alkyl carbamates (subject to hydrolysis) is 2. The molecule has 66 heavy (non-hydrogen) atoms. The number of carbonyl (C=O) groups is 4. The second-order valence-corrected chi connectivity index (χ2v) is 31.4. The zero-order valence-electron chi connectivity index (χ0n) is 43.3. The standard InChI is InChI=1S/C22H36BNO6Si.C21H34BNO6Si.CH3I.HI.Li.H2O/c1-21(2)22(3,4)30-23(29-21)17-11-9-10-16(14-17)18(19(25)27-5)15-24-20(26)28-12-13-31(6,7)8;1-20(2)21(3,4)29-22(28-20)16-10-8-9-15(13-16)17(18(24)25)14-23-19(26)27-11-12-30(5,6)7;1-2;;;/h9-11,14,18H,12-13,15H2,1-8H3,(H,24,26);8-10,13,17H,11-12,14H2,1-7H3,(H,23,26)(H,24,25);1H3;1H;;1H2/q;;;;+1;/p-1/i/hD. The Kier molecular flexibility index (Phi) is 27.5. The maximum atomic E-state index is 12.4. The number of alkyl halides is 1. The van der Waals surface area contributed by atoms with Gasteiger partial charge in [-0.05, 0) is 94.5 Å². The summed E-state index contributed by atoms with van der Waals surface area (Å²) in [6.45, 7) is 29.8. The number of carboxylic acids is 1. The number of ether oxygens (including phenoxy) is 3. The van der Waals surface area contributed by atoms with E-state index in [1.807, 2.05) is 90.7 Å². The third-order valence-corrected chi connectivity index (χ3v) is 14.9. The van der Waals surface area contributed by atoms with Crippen LogP contribution in [0.2, 0.25) is 51.4 Å². The summed E-state index contributed by atoms with van der Waals surface area (Å²) >= 11 is 3.55. The summed E-state index contributed by atoms with van der Waals surface area (Å²) in [5, 5.41) is 15.0. The molecule has 2 heterocycles. The Morgan fingerprint density at radius 3 is 1.30 bits per heavy atom. The molecular formula is C44H75B2I2LiN2O13Si2. The minimum atomic E-state index is -1.30. The van der Waals surface area contributed by atoms with Gasteiger partial charge in [0.25, 0.3) is 0 Å². The molecule has 0 aliphatic carbocycles. The third kappa shape index (κ3) is 20.7. The number of nitrogens with one attached hydrogen (secondary N) is 2. The van der Waals surface area contributed by atoms with Gasteiger partial charge < -0.3 is 54.0 Å². The van der Waals surface area contributed by atoms with Crippen LogP contribution in [-0.2, 0) is 42.4 Å². The van der Waals surface area contributed by atoms with E-state index in [1.165, 1.54) is 30.9 Å². The number of carbonyl (C=O) groups excluding carboxylic acids is 3. The summed E-state index contributed by atoms with van der Waals surface area (Å²) in [6.07, 6.45) is -1.13. The van der Waals surface area contributed by atoms with E-state index in [0.717, 1.165) is 23.0 Å². The van der Waals surface area contributed by atoms with Crippen molar-refractivity contribution in [3.63, 3.8) is 0 Å². The summed E-state index contributed by atoms with van der Waals surface area (Å²) in [6, 6.07) is 16.3. The van der Waals surface area contributed by atoms with Crippen molar-refractivity contribution < 1.29 is 81.4 Å². The van der Waals surface area contributed by atoms with Gasteiger partial charge in [0.15, 0.2) is 0 Å². The molecule has 0 radical (unpaired) electrons. The van der Waals surface area contributed by atoms with Gasteiger partial charge in [0.2, 0.25) is 0 Å². The van der Waals surface area contributed by atoms with Crippen molar-refractivity contribution in [1.82, 2.24) is 10.6 Å². The third-order valence-electron chi connectivity index (χ3n) is 11.5. The Labute approximate surface area is 440 Å². The van der Waals surface area contributed by atoms with Crippen molar-refractivity contribution in [3.05, 3.63) is 59.7 Å². The summed E-state index contributed by atoms with van der Waals surface area (Å²) in [7, 11) is -2.38. The van der Waals surface area contributed by atoms with E-state index in [1.54, 1.807) is 18.2 Å². The summed E-state index contributed by atoms with van der Waals surface area (Å²) in [5.74, 6) is -3.04. The molecule has 0 bridgehead atoms. The maximum Gasteiger partial charge on any atom is 1.00 e. The molecule has 0 spiro atoms. The van der Waals surface area contributed by atoms with Crippen LogP contribution < -0.4 is 40.4 Å². The molecule has 2 fully saturated rings. The molecule has 2 aliphatic heterocycles. The molecule has 2 amide bonds. The van der Waals surface area contributed by atoms with E-state index in [4.69, 9.17) is 33.4 Å². The Balaban J connectivity index is 0. The number of benzene rings is 2. The number of methoxy groups -OCH3 is 1. The normalized spacial score (nSPS) is 17.3. The smallest absolute Gasteiger partial charge is 0.870 e. The van der Waals surface area contributed by atoms with E-state index >= 15 is 0 Å². The number of rotatable bonds is 16. The number of halogens is 2.